The Morgan fingerprint density at radius 2 is 2.10 bits per heavy atom. The summed E-state index contributed by atoms with van der Waals surface area (Å²) in [5, 5.41) is -0.0920. The van der Waals surface area contributed by atoms with Gasteiger partial charge in [0.25, 0.3) is 10.0 Å². The average Bonchev–Trinajstić information content (AvgIpc) is 2.96. The second kappa shape index (κ2) is 5.41. The Balaban J connectivity index is 2.43. The van der Waals surface area contributed by atoms with Crippen molar-refractivity contribution in [1.82, 2.24) is 13.9 Å². The Hall–Kier alpha value is -1.61. The van der Waals surface area contributed by atoms with Crippen molar-refractivity contribution in [3.8, 4) is 0 Å². The molecule has 1 aromatic heterocycles. The Labute approximate surface area is 117 Å². The largest absolute Gasteiger partial charge is 0.381 e. The number of nitrogen functional groups attached to an aromatic ring is 1. The van der Waals surface area contributed by atoms with Gasteiger partial charge in [0, 0.05) is 13.1 Å². The molecule has 20 heavy (non-hydrogen) atoms. The van der Waals surface area contributed by atoms with E-state index in [0.717, 1.165) is 30.0 Å². The number of carbonyl (C=O) groups is 1. The number of amides is 1. The lowest BCUT2D eigenvalue weighted by Gasteiger charge is -2.26. The topological polar surface area (TPSA) is 124 Å². The quantitative estimate of drug-likeness (QED) is 0.753. The molecule has 1 heterocycles. The van der Waals surface area contributed by atoms with Crippen molar-refractivity contribution in [2.45, 2.75) is 36.8 Å². The number of hydrogen-bond acceptors (Lipinski definition) is 5. The number of nitrogens with zero attached hydrogens (tertiary/aromatic N) is 3. The van der Waals surface area contributed by atoms with Crippen molar-refractivity contribution < 1.29 is 13.2 Å². The molecule has 1 aliphatic carbocycles. The molecular weight excluding hydrogens is 282 g/mol. The standard InChI is InChI=1S/C11H19N5O3S/c1-15-7-14-10(13)11(15)20(18,19)16(6-9(12)17)8-4-2-3-5-8/h7-8H,2-6,13H2,1H3,(H2,12,17). The fraction of sp³-hybridized carbons (Fsp3) is 0.636. The van der Waals surface area contributed by atoms with Gasteiger partial charge in [0.1, 0.15) is 0 Å². The second-order valence-electron chi connectivity index (χ2n) is 5.00. The number of primary amides is 1. The SMILES string of the molecule is Cn1cnc(N)c1S(=O)(=O)N(CC(N)=O)C1CCCC1. The van der Waals surface area contributed by atoms with Gasteiger partial charge in [-0.25, -0.2) is 13.4 Å². The number of carbonyl (C=O) groups excluding carboxylic acids is 1. The summed E-state index contributed by atoms with van der Waals surface area (Å²) in [5.41, 5.74) is 10.8. The van der Waals surface area contributed by atoms with Crippen LogP contribution in [0.25, 0.3) is 0 Å². The highest BCUT2D eigenvalue weighted by Gasteiger charge is 2.37. The normalized spacial score (nSPS) is 16.9. The van der Waals surface area contributed by atoms with Crippen LogP contribution in [0.15, 0.2) is 11.4 Å². The first-order valence-corrected chi connectivity index (χ1v) is 7.85. The first-order chi connectivity index (χ1) is 9.34. The van der Waals surface area contributed by atoms with Crippen LogP contribution in [-0.4, -0.2) is 40.8 Å². The van der Waals surface area contributed by atoms with Gasteiger partial charge in [-0.1, -0.05) is 12.8 Å². The van der Waals surface area contributed by atoms with Crippen LogP contribution in [-0.2, 0) is 21.9 Å². The molecule has 0 radical (unpaired) electrons. The van der Waals surface area contributed by atoms with Gasteiger partial charge in [0.2, 0.25) is 5.91 Å². The number of hydrogen-bond donors (Lipinski definition) is 2. The van der Waals surface area contributed by atoms with Gasteiger partial charge in [-0.05, 0) is 12.8 Å². The lowest BCUT2D eigenvalue weighted by molar-refractivity contribution is -0.118. The van der Waals surface area contributed by atoms with E-state index in [-0.39, 0.29) is 23.4 Å². The molecule has 0 unspecified atom stereocenters. The number of nitrogens with two attached hydrogens (primary N) is 2. The summed E-state index contributed by atoms with van der Waals surface area (Å²) in [5.74, 6) is -0.749. The number of sulfonamides is 1. The molecule has 0 aromatic carbocycles. The van der Waals surface area contributed by atoms with Gasteiger partial charge in [0.05, 0.1) is 12.9 Å². The van der Waals surface area contributed by atoms with E-state index < -0.39 is 15.9 Å². The van der Waals surface area contributed by atoms with Crippen molar-refractivity contribution in [3.05, 3.63) is 6.33 Å². The lowest BCUT2D eigenvalue weighted by Crippen LogP contribution is -2.44. The smallest absolute Gasteiger partial charge is 0.263 e. The summed E-state index contributed by atoms with van der Waals surface area (Å²) in [6.07, 6.45) is 4.67. The minimum Gasteiger partial charge on any atom is -0.381 e. The van der Waals surface area contributed by atoms with Gasteiger partial charge in [-0.3, -0.25) is 4.79 Å². The molecule has 0 spiro atoms. The van der Waals surface area contributed by atoms with Gasteiger partial charge >= 0.3 is 0 Å². The third-order valence-electron chi connectivity index (χ3n) is 3.51. The molecular formula is C11H19N5O3S. The predicted octanol–water partition coefficient (Wildman–Crippen LogP) is -0.579. The molecule has 1 aromatic rings. The van der Waals surface area contributed by atoms with Crippen LogP contribution in [0.2, 0.25) is 0 Å². The minimum atomic E-state index is -3.89. The first kappa shape index (κ1) is 14.8. The molecule has 0 bridgehead atoms. The average molecular weight is 301 g/mol. The van der Waals surface area contributed by atoms with Crippen molar-refractivity contribution >= 4 is 21.7 Å². The van der Waals surface area contributed by atoms with E-state index in [1.165, 1.54) is 10.9 Å². The highest BCUT2D eigenvalue weighted by molar-refractivity contribution is 7.89. The van der Waals surface area contributed by atoms with Crippen molar-refractivity contribution in [2.75, 3.05) is 12.3 Å². The maximum absolute atomic E-state index is 12.7. The monoisotopic (exact) mass is 301 g/mol. The molecule has 112 valence electrons. The molecule has 1 amide bonds. The van der Waals surface area contributed by atoms with E-state index in [1.807, 2.05) is 0 Å². The van der Waals surface area contributed by atoms with Crippen molar-refractivity contribution in [2.24, 2.45) is 12.8 Å². The summed E-state index contributed by atoms with van der Waals surface area (Å²) in [4.78, 5) is 15.0. The van der Waals surface area contributed by atoms with E-state index in [4.69, 9.17) is 11.5 Å². The Bertz CT molecular complexity index is 584. The summed E-state index contributed by atoms with van der Waals surface area (Å²) < 4.78 is 28.0. The zero-order chi connectivity index (χ0) is 14.9. The fourth-order valence-electron chi connectivity index (χ4n) is 2.62. The minimum absolute atomic E-state index is 0.0695. The van der Waals surface area contributed by atoms with Gasteiger partial charge in [0.15, 0.2) is 10.8 Å². The van der Waals surface area contributed by atoms with Crippen molar-refractivity contribution in [1.29, 1.82) is 0 Å². The van der Waals surface area contributed by atoms with Crippen LogP contribution < -0.4 is 11.5 Å². The number of anilines is 1. The molecule has 0 saturated heterocycles. The van der Waals surface area contributed by atoms with E-state index in [9.17, 15) is 13.2 Å². The van der Waals surface area contributed by atoms with Crippen LogP contribution in [0.5, 0.6) is 0 Å². The Kier molecular flexibility index (Phi) is 4.00. The fourth-order valence-corrected chi connectivity index (χ4v) is 4.47. The van der Waals surface area contributed by atoms with E-state index in [2.05, 4.69) is 4.98 Å². The van der Waals surface area contributed by atoms with E-state index in [1.54, 1.807) is 7.05 Å². The number of rotatable bonds is 5. The Morgan fingerprint density at radius 1 is 1.50 bits per heavy atom. The first-order valence-electron chi connectivity index (χ1n) is 6.41. The lowest BCUT2D eigenvalue weighted by atomic mass is 10.2. The number of aromatic nitrogens is 2. The maximum atomic E-state index is 12.7. The van der Waals surface area contributed by atoms with Crippen LogP contribution in [0.3, 0.4) is 0 Å². The zero-order valence-corrected chi connectivity index (χ0v) is 12.1. The molecule has 1 saturated carbocycles. The molecule has 9 heteroatoms. The molecule has 0 aliphatic heterocycles. The van der Waals surface area contributed by atoms with Gasteiger partial charge in [-0.15, -0.1) is 0 Å². The Morgan fingerprint density at radius 3 is 2.55 bits per heavy atom. The number of aryl methyl sites for hydroxylation is 1. The summed E-state index contributed by atoms with van der Waals surface area (Å²) in [7, 11) is -2.34. The van der Waals surface area contributed by atoms with Crippen LogP contribution in [0.4, 0.5) is 5.82 Å². The summed E-state index contributed by atoms with van der Waals surface area (Å²) in [6, 6.07) is -0.207. The third-order valence-corrected chi connectivity index (χ3v) is 5.54. The van der Waals surface area contributed by atoms with Crippen LogP contribution in [0.1, 0.15) is 25.7 Å². The highest BCUT2D eigenvalue weighted by Crippen LogP contribution is 2.29. The van der Waals surface area contributed by atoms with Gasteiger partial charge in [-0.2, -0.15) is 4.31 Å². The molecule has 4 N–H and O–H groups in total. The zero-order valence-electron chi connectivity index (χ0n) is 11.3. The predicted molar refractivity (Wildman–Crippen MR) is 73.0 cm³/mol. The van der Waals surface area contributed by atoms with Crippen molar-refractivity contribution in [3.63, 3.8) is 0 Å². The molecule has 2 rings (SSSR count). The number of imidazole rings is 1. The maximum Gasteiger partial charge on any atom is 0.263 e. The molecule has 0 atom stereocenters. The summed E-state index contributed by atoms with van der Waals surface area (Å²) in [6.45, 7) is -0.336. The third kappa shape index (κ3) is 2.63. The second-order valence-corrected chi connectivity index (χ2v) is 6.81. The summed E-state index contributed by atoms with van der Waals surface area (Å²) >= 11 is 0. The van der Waals surface area contributed by atoms with Crippen LogP contribution in [0, 0.1) is 0 Å². The van der Waals surface area contributed by atoms with Gasteiger partial charge < -0.3 is 16.0 Å². The van der Waals surface area contributed by atoms with E-state index in [0.29, 0.717) is 0 Å². The molecule has 1 aliphatic rings. The molecule has 1 fully saturated rings. The highest BCUT2D eigenvalue weighted by atomic mass is 32.2. The van der Waals surface area contributed by atoms with Crippen LogP contribution >= 0.6 is 0 Å². The van der Waals surface area contributed by atoms with E-state index >= 15 is 0 Å². The molecule has 8 nitrogen and oxygen atoms in total.